The van der Waals surface area contributed by atoms with Gasteiger partial charge in [0.05, 0.1) is 38.3 Å². The van der Waals surface area contributed by atoms with Crippen molar-refractivity contribution in [2.24, 2.45) is 0 Å². The summed E-state index contributed by atoms with van der Waals surface area (Å²) in [6.45, 7) is 3.60. The van der Waals surface area contributed by atoms with E-state index in [-0.39, 0.29) is 29.2 Å². The van der Waals surface area contributed by atoms with E-state index in [4.69, 9.17) is 25.8 Å². The molecule has 0 saturated carbocycles. The molecule has 0 aliphatic carbocycles. The summed E-state index contributed by atoms with van der Waals surface area (Å²) in [5.74, 6) is 2.04. The van der Waals surface area contributed by atoms with Gasteiger partial charge in [0.25, 0.3) is 0 Å². The molecule has 0 aliphatic rings. The number of benzene rings is 1. The summed E-state index contributed by atoms with van der Waals surface area (Å²) in [7, 11) is 0.191. The molecule has 12 nitrogen and oxygen atoms in total. The average Bonchev–Trinajstić information content (AvgIpc) is 3.41. The molecule has 0 N–H and O–H groups in total. The first kappa shape index (κ1) is 32.5. The molecule has 3 heterocycles. The molecule has 0 unspecified atom stereocenters. The first-order chi connectivity index (χ1) is 20.5. The van der Waals surface area contributed by atoms with Crippen molar-refractivity contribution in [3.63, 3.8) is 0 Å². The summed E-state index contributed by atoms with van der Waals surface area (Å²) in [6, 6.07) is 7.20. The van der Waals surface area contributed by atoms with E-state index < -0.39 is 21.4 Å². The Morgan fingerprint density at radius 2 is 1.67 bits per heavy atom. The summed E-state index contributed by atoms with van der Waals surface area (Å²) < 4.78 is 49.2. The predicted octanol–water partition coefficient (Wildman–Crippen LogP) is 3.89. The standard InChI is InChI=1S/C28H35ClN7O5S2/c1-18-13-20(15-30-14-18)27-33-34-28(36(27)24-22(39-3)9-8-10-23(24)40-4)35(11-12-42(6)7)43(37,38)19(2)25(41-5)26-31-16-21(29)17-32-26/h8-10,13-17,19,25H,11-12H2,1-7H3/q+1/t19-,25-/m0/s1. The van der Waals surface area contributed by atoms with Gasteiger partial charge in [-0.25, -0.2) is 22.7 Å². The zero-order valence-corrected chi connectivity index (χ0v) is 27.4. The predicted molar refractivity (Wildman–Crippen MR) is 169 cm³/mol. The maximum atomic E-state index is 14.6. The highest BCUT2D eigenvalue weighted by Gasteiger charge is 2.41. The van der Waals surface area contributed by atoms with E-state index in [2.05, 4.69) is 25.1 Å². The van der Waals surface area contributed by atoms with Crippen molar-refractivity contribution < 1.29 is 22.6 Å². The fraction of sp³-hybridized carbons (Fsp3) is 0.393. The number of halogens is 1. The molecule has 43 heavy (non-hydrogen) atoms. The Bertz CT molecular complexity index is 1630. The van der Waals surface area contributed by atoms with E-state index in [1.54, 1.807) is 42.1 Å². The van der Waals surface area contributed by atoms with E-state index >= 15 is 0 Å². The van der Waals surface area contributed by atoms with Crippen LogP contribution in [0.1, 0.15) is 24.4 Å². The number of pyridine rings is 1. The zero-order valence-electron chi connectivity index (χ0n) is 25.1. The molecule has 0 radical (unpaired) electrons. The average molecular weight is 649 g/mol. The fourth-order valence-corrected chi connectivity index (χ4v) is 6.90. The third-order valence-corrected chi connectivity index (χ3v) is 10.0. The maximum Gasteiger partial charge on any atom is 0.246 e. The summed E-state index contributed by atoms with van der Waals surface area (Å²) in [6.07, 6.45) is 9.27. The van der Waals surface area contributed by atoms with Crippen LogP contribution in [0.15, 0.2) is 49.1 Å². The van der Waals surface area contributed by atoms with Gasteiger partial charge in [-0.2, -0.15) is 0 Å². The van der Waals surface area contributed by atoms with Crippen LogP contribution in [0.25, 0.3) is 17.1 Å². The minimum absolute atomic E-state index is 0.0588. The molecule has 0 fully saturated rings. The van der Waals surface area contributed by atoms with E-state index in [0.29, 0.717) is 39.3 Å². The summed E-state index contributed by atoms with van der Waals surface area (Å²) in [4.78, 5) is 12.8. The van der Waals surface area contributed by atoms with Crippen LogP contribution in [0.2, 0.25) is 5.02 Å². The van der Waals surface area contributed by atoms with Crippen molar-refractivity contribution >= 4 is 38.5 Å². The summed E-state index contributed by atoms with van der Waals surface area (Å²) >= 11 is 5.98. The van der Waals surface area contributed by atoms with Gasteiger partial charge in [-0.05, 0) is 48.5 Å². The third-order valence-electron chi connectivity index (χ3n) is 6.68. The van der Waals surface area contributed by atoms with Crippen LogP contribution < -0.4 is 13.8 Å². The highest BCUT2D eigenvalue weighted by atomic mass is 35.5. The topological polar surface area (TPSA) is 134 Å². The van der Waals surface area contributed by atoms with Crippen LogP contribution in [0.5, 0.6) is 11.5 Å². The van der Waals surface area contributed by atoms with Gasteiger partial charge in [0.2, 0.25) is 16.0 Å². The highest BCUT2D eigenvalue weighted by Crippen LogP contribution is 2.39. The number of hydrogen-bond acceptors (Lipinski definition) is 10. The number of aryl methyl sites for hydroxylation is 1. The molecule has 1 aromatic carbocycles. The fourth-order valence-electron chi connectivity index (χ4n) is 4.50. The number of anilines is 1. The van der Waals surface area contributed by atoms with Crippen molar-refractivity contribution in [2.45, 2.75) is 25.2 Å². The largest absolute Gasteiger partial charge is 0.494 e. The van der Waals surface area contributed by atoms with Gasteiger partial charge < -0.3 is 14.2 Å². The SMILES string of the molecule is COc1cccc(OC)c1-n1c(-c2cncc(C)c2)nnc1N(CC[S+](C)C)S(=O)(=O)[C@@H](C)[C@H](OC)c1ncc(Cl)cn1. The van der Waals surface area contributed by atoms with Crippen molar-refractivity contribution in [3.8, 4) is 28.6 Å². The van der Waals surface area contributed by atoms with Gasteiger partial charge in [0.15, 0.2) is 11.6 Å². The smallest absolute Gasteiger partial charge is 0.246 e. The first-order valence-corrected chi connectivity index (χ1v) is 17.3. The van der Waals surface area contributed by atoms with Gasteiger partial charge in [-0.3, -0.25) is 9.55 Å². The van der Waals surface area contributed by atoms with Gasteiger partial charge in [0.1, 0.15) is 34.3 Å². The van der Waals surface area contributed by atoms with Crippen LogP contribution in [-0.2, 0) is 25.7 Å². The van der Waals surface area contributed by atoms with Crippen molar-refractivity contribution in [1.29, 1.82) is 0 Å². The van der Waals surface area contributed by atoms with Crippen LogP contribution in [0.4, 0.5) is 5.95 Å². The van der Waals surface area contributed by atoms with Crippen LogP contribution in [-0.4, -0.2) is 89.5 Å². The normalized spacial score (nSPS) is 13.1. The number of methoxy groups -OCH3 is 3. The lowest BCUT2D eigenvalue weighted by Gasteiger charge is -2.30. The number of sulfonamides is 1. The van der Waals surface area contributed by atoms with E-state index in [9.17, 15) is 8.42 Å². The molecule has 0 bridgehead atoms. The monoisotopic (exact) mass is 648 g/mol. The van der Waals surface area contributed by atoms with Crippen LogP contribution >= 0.6 is 11.6 Å². The second-order valence-corrected chi connectivity index (χ2v) is 14.9. The minimum atomic E-state index is -4.19. The molecule has 0 saturated heterocycles. The molecule has 15 heteroatoms. The number of para-hydroxylation sites is 1. The number of hydrogen-bond donors (Lipinski definition) is 0. The molecule has 3 aromatic heterocycles. The van der Waals surface area contributed by atoms with E-state index in [0.717, 1.165) is 5.56 Å². The lowest BCUT2D eigenvalue weighted by molar-refractivity contribution is 0.0948. The zero-order chi connectivity index (χ0) is 31.3. The van der Waals surface area contributed by atoms with E-state index in [1.807, 2.05) is 25.5 Å². The Morgan fingerprint density at radius 1 is 1.02 bits per heavy atom. The molecule has 0 amide bonds. The highest BCUT2D eigenvalue weighted by molar-refractivity contribution is 7.95. The quantitative estimate of drug-likeness (QED) is 0.197. The van der Waals surface area contributed by atoms with Gasteiger partial charge in [-0.1, -0.05) is 17.7 Å². The number of ether oxygens (including phenoxy) is 3. The Hall–Kier alpha value is -3.46. The summed E-state index contributed by atoms with van der Waals surface area (Å²) in [5, 5.41) is 8.18. The molecule has 230 valence electrons. The molecule has 0 spiro atoms. The van der Waals surface area contributed by atoms with Crippen molar-refractivity contribution in [3.05, 3.63) is 65.5 Å². The second kappa shape index (κ2) is 13.9. The molecule has 0 aliphatic heterocycles. The Labute approximate surface area is 259 Å². The summed E-state index contributed by atoms with van der Waals surface area (Å²) in [5.41, 5.74) is 1.96. The Kier molecular flexibility index (Phi) is 10.5. The van der Waals surface area contributed by atoms with E-state index in [1.165, 1.54) is 38.0 Å². The van der Waals surface area contributed by atoms with Crippen molar-refractivity contribution in [1.82, 2.24) is 29.7 Å². The Morgan fingerprint density at radius 3 is 2.23 bits per heavy atom. The first-order valence-electron chi connectivity index (χ1n) is 13.2. The lowest BCUT2D eigenvalue weighted by Crippen LogP contribution is -2.44. The Balaban J connectivity index is 1.98. The molecule has 4 aromatic rings. The third kappa shape index (κ3) is 6.87. The number of rotatable bonds is 13. The molecular weight excluding hydrogens is 614 g/mol. The van der Waals surface area contributed by atoms with Gasteiger partial charge >= 0.3 is 0 Å². The second-order valence-electron chi connectivity index (χ2n) is 9.85. The minimum Gasteiger partial charge on any atom is -0.494 e. The maximum absolute atomic E-state index is 14.6. The lowest BCUT2D eigenvalue weighted by atomic mass is 10.2. The number of nitrogens with zero attached hydrogens (tertiary/aromatic N) is 7. The van der Waals surface area contributed by atoms with Crippen molar-refractivity contribution in [2.75, 3.05) is 50.4 Å². The molecule has 2 atom stereocenters. The van der Waals surface area contributed by atoms with Crippen LogP contribution in [0.3, 0.4) is 0 Å². The molecule has 4 rings (SSSR count). The van der Waals surface area contributed by atoms with Gasteiger partial charge in [-0.15, -0.1) is 10.2 Å². The van der Waals surface area contributed by atoms with Crippen LogP contribution in [0, 0.1) is 6.92 Å². The molecular formula is C28H35ClN7O5S2+. The van der Waals surface area contributed by atoms with Gasteiger partial charge in [0, 0.05) is 37.5 Å². The number of aromatic nitrogens is 6.